The van der Waals surface area contributed by atoms with Crippen LogP contribution in [0.1, 0.15) is 24.2 Å². The molecule has 0 bridgehead atoms. The van der Waals surface area contributed by atoms with Crippen molar-refractivity contribution in [2.24, 2.45) is 13.0 Å². The van der Waals surface area contributed by atoms with Gasteiger partial charge in [-0.15, -0.1) is 0 Å². The number of hydrogen-bond donors (Lipinski definition) is 1. The van der Waals surface area contributed by atoms with Crippen LogP contribution >= 0.6 is 0 Å². The van der Waals surface area contributed by atoms with Gasteiger partial charge in [0.2, 0.25) is 0 Å². The molecule has 1 aliphatic heterocycles. The molecule has 1 N–H and O–H groups in total. The first-order chi connectivity index (χ1) is 12.1. The van der Waals surface area contributed by atoms with Crippen molar-refractivity contribution in [1.82, 2.24) is 14.5 Å². The number of H-pyrrole nitrogens is 1. The topological polar surface area (TPSA) is 59.9 Å². The van der Waals surface area contributed by atoms with Crippen LogP contribution in [0.5, 0.6) is 0 Å². The third kappa shape index (κ3) is 3.24. The van der Waals surface area contributed by atoms with E-state index in [-0.39, 0.29) is 5.56 Å². The van der Waals surface area contributed by atoms with E-state index >= 15 is 0 Å². The number of pyridine rings is 1. The summed E-state index contributed by atoms with van der Waals surface area (Å²) >= 11 is 0. The molecule has 0 unspecified atom stereocenters. The van der Waals surface area contributed by atoms with E-state index in [4.69, 9.17) is 9.72 Å². The van der Waals surface area contributed by atoms with E-state index in [9.17, 15) is 4.79 Å². The molecule has 0 aliphatic carbocycles. The lowest BCUT2D eigenvalue weighted by atomic mass is 9.96. The maximum absolute atomic E-state index is 11.9. The maximum Gasteiger partial charge on any atom is 0.253 e. The Kier molecular flexibility index (Phi) is 4.17. The van der Waals surface area contributed by atoms with Crippen LogP contribution < -0.4 is 5.56 Å². The Morgan fingerprint density at radius 1 is 1.24 bits per heavy atom. The number of fused-ring (bicyclic) bond motifs is 1. The number of imidazole rings is 1. The van der Waals surface area contributed by atoms with Gasteiger partial charge in [-0.3, -0.25) is 4.79 Å². The number of hydrogen-bond acceptors (Lipinski definition) is 3. The highest BCUT2D eigenvalue weighted by Crippen LogP contribution is 2.25. The highest BCUT2D eigenvalue weighted by atomic mass is 16.5. The molecule has 0 atom stereocenters. The van der Waals surface area contributed by atoms with Crippen LogP contribution in [0.15, 0.2) is 35.3 Å². The molecule has 5 heteroatoms. The van der Waals surface area contributed by atoms with E-state index in [0.29, 0.717) is 5.92 Å². The quantitative estimate of drug-likeness (QED) is 0.798. The molecule has 0 spiro atoms. The molecule has 1 aromatic carbocycles. The number of aromatic nitrogens is 3. The molecule has 1 aliphatic rings. The van der Waals surface area contributed by atoms with Crippen molar-refractivity contribution in [2.45, 2.75) is 26.2 Å². The summed E-state index contributed by atoms with van der Waals surface area (Å²) < 4.78 is 7.07. The van der Waals surface area contributed by atoms with Gasteiger partial charge in [-0.25, -0.2) is 4.98 Å². The second-order valence-electron chi connectivity index (χ2n) is 7.00. The van der Waals surface area contributed by atoms with Crippen molar-refractivity contribution < 1.29 is 4.74 Å². The molecular formula is C20H23N3O2. The van der Waals surface area contributed by atoms with E-state index in [1.807, 2.05) is 19.2 Å². The Balaban J connectivity index is 1.65. The third-order valence-corrected chi connectivity index (χ3v) is 5.05. The highest BCUT2D eigenvalue weighted by molar-refractivity contribution is 5.81. The summed E-state index contributed by atoms with van der Waals surface area (Å²) in [5.41, 5.74) is 4.97. The Morgan fingerprint density at radius 3 is 2.80 bits per heavy atom. The van der Waals surface area contributed by atoms with Crippen molar-refractivity contribution in [3.63, 3.8) is 0 Å². The summed E-state index contributed by atoms with van der Waals surface area (Å²) in [4.78, 5) is 20.1. The zero-order valence-electron chi connectivity index (χ0n) is 14.7. The van der Waals surface area contributed by atoms with Crippen molar-refractivity contribution in [1.29, 1.82) is 0 Å². The molecule has 1 fully saturated rings. The van der Waals surface area contributed by atoms with Gasteiger partial charge in [0.25, 0.3) is 5.56 Å². The van der Waals surface area contributed by atoms with Crippen molar-refractivity contribution in [3.8, 4) is 11.1 Å². The summed E-state index contributed by atoms with van der Waals surface area (Å²) in [7, 11) is 1.79. The molecule has 5 nitrogen and oxygen atoms in total. The number of nitrogens with one attached hydrogen (secondary N) is 1. The van der Waals surface area contributed by atoms with Gasteiger partial charge in [-0.2, -0.15) is 0 Å². The van der Waals surface area contributed by atoms with E-state index < -0.39 is 0 Å². The summed E-state index contributed by atoms with van der Waals surface area (Å²) in [6, 6.07) is 8.19. The largest absolute Gasteiger partial charge is 0.381 e. The van der Waals surface area contributed by atoms with Gasteiger partial charge in [0.05, 0.1) is 11.0 Å². The number of ether oxygens (including phenoxy) is 1. The molecule has 2 aromatic heterocycles. The standard InChI is InChI=1S/C20H23N3O2/c1-13-9-16(12-23(2)20(13)24)15-3-4-17-18(11-15)22-19(21-17)10-14-5-7-25-8-6-14/h3-4,9,11-12,14H,5-8,10H2,1-2H3,(H,21,22). The SMILES string of the molecule is Cc1cc(-c2ccc3nc(CC4CCOCC4)[nH]c3c2)cn(C)c1=O. The predicted octanol–water partition coefficient (Wildman–Crippen LogP) is 3.21. The minimum Gasteiger partial charge on any atom is -0.381 e. The summed E-state index contributed by atoms with van der Waals surface area (Å²) in [6.45, 7) is 3.58. The smallest absolute Gasteiger partial charge is 0.253 e. The normalized spacial score (nSPS) is 15.8. The molecular weight excluding hydrogens is 314 g/mol. The zero-order chi connectivity index (χ0) is 17.4. The van der Waals surface area contributed by atoms with E-state index in [0.717, 1.165) is 66.0 Å². The lowest BCUT2D eigenvalue weighted by Crippen LogP contribution is -2.18. The lowest BCUT2D eigenvalue weighted by molar-refractivity contribution is 0.0660. The van der Waals surface area contributed by atoms with Crippen molar-refractivity contribution in [2.75, 3.05) is 13.2 Å². The molecule has 3 aromatic rings. The van der Waals surface area contributed by atoms with Gasteiger partial charge in [0, 0.05) is 38.4 Å². The molecule has 0 amide bonds. The fourth-order valence-corrected chi connectivity index (χ4v) is 3.60. The molecule has 3 heterocycles. The highest BCUT2D eigenvalue weighted by Gasteiger charge is 2.16. The first kappa shape index (κ1) is 16.1. The number of benzene rings is 1. The fraction of sp³-hybridized carbons (Fsp3) is 0.400. The zero-order valence-corrected chi connectivity index (χ0v) is 14.7. The molecule has 0 radical (unpaired) electrons. The van der Waals surface area contributed by atoms with Crippen molar-refractivity contribution in [3.05, 3.63) is 52.2 Å². The summed E-state index contributed by atoms with van der Waals surface area (Å²) in [5.74, 6) is 1.70. The maximum atomic E-state index is 11.9. The Labute approximate surface area is 146 Å². The Morgan fingerprint density at radius 2 is 2.04 bits per heavy atom. The van der Waals surface area contributed by atoms with Crippen LogP contribution in [0, 0.1) is 12.8 Å². The first-order valence-corrected chi connectivity index (χ1v) is 8.84. The average Bonchev–Trinajstić information content (AvgIpc) is 3.01. The molecule has 0 saturated carbocycles. The van der Waals surface area contributed by atoms with E-state index in [2.05, 4.69) is 23.2 Å². The second-order valence-corrected chi connectivity index (χ2v) is 7.00. The van der Waals surface area contributed by atoms with Crippen LogP contribution in [-0.2, 0) is 18.2 Å². The number of nitrogens with zero attached hydrogens (tertiary/aromatic N) is 2. The molecule has 1 saturated heterocycles. The van der Waals surface area contributed by atoms with E-state index in [1.165, 1.54) is 0 Å². The van der Waals surface area contributed by atoms with Crippen LogP contribution in [0.4, 0.5) is 0 Å². The van der Waals surface area contributed by atoms with Gasteiger partial charge in [0.1, 0.15) is 5.82 Å². The van der Waals surface area contributed by atoms with Crippen LogP contribution in [0.2, 0.25) is 0 Å². The van der Waals surface area contributed by atoms with Crippen molar-refractivity contribution >= 4 is 11.0 Å². The minimum atomic E-state index is 0.0464. The van der Waals surface area contributed by atoms with Gasteiger partial charge in [0.15, 0.2) is 0 Å². The van der Waals surface area contributed by atoms with Crippen LogP contribution in [0.25, 0.3) is 22.2 Å². The summed E-state index contributed by atoms with van der Waals surface area (Å²) in [5, 5.41) is 0. The molecule has 25 heavy (non-hydrogen) atoms. The van der Waals surface area contributed by atoms with Crippen LogP contribution in [0.3, 0.4) is 0 Å². The van der Waals surface area contributed by atoms with Gasteiger partial charge in [-0.1, -0.05) is 6.07 Å². The van der Waals surface area contributed by atoms with Gasteiger partial charge < -0.3 is 14.3 Å². The van der Waals surface area contributed by atoms with Crippen LogP contribution in [-0.4, -0.2) is 27.7 Å². The predicted molar refractivity (Wildman–Crippen MR) is 98.8 cm³/mol. The third-order valence-electron chi connectivity index (χ3n) is 5.05. The van der Waals surface area contributed by atoms with Gasteiger partial charge >= 0.3 is 0 Å². The van der Waals surface area contributed by atoms with Gasteiger partial charge in [-0.05, 0) is 55.0 Å². The average molecular weight is 337 g/mol. The summed E-state index contributed by atoms with van der Waals surface area (Å²) in [6.07, 6.45) is 5.08. The second kappa shape index (κ2) is 6.48. The monoisotopic (exact) mass is 337 g/mol. The lowest BCUT2D eigenvalue weighted by Gasteiger charge is -2.20. The number of aryl methyl sites for hydroxylation is 2. The van der Waals surface area contributed by atoms with E-state index in [1.54, 1.807) is 11.6 Å². The Hall–Kier alpha value is -2.40. The fourth-order valence-electron chi connectivity index (χ4n) is 3.60. The number of aromatic amines is 1. The molecule has 4 rings (SSSR count). The Bertz CT molecular complexity index is 938. The minimum absolute atomic E-state index is 0.0464. The molecule has 130 valence electrons. The first-order valence-electron chi connectivity index (χ1n) is 8.84. The number of rotatable bonds is 3.